The summed E-state index contributed by atoms with van der Waals surface area (Å²) < 4.78 is 5.62. The third kappa shape index (κ3) is 24.5. The van der Waals surface area contributed by atoms with Gasteiger partial charge in [0, 0.05) is 16.1 Å². The minimum Gasteiger partial charge on any atom is -0.168 e. The topological polar surface area (TPSA) is 33.0 Å². The summed E-state index contributed by atoms with van der Waals surface area (Å²) >= 11 is -0.556. The molecule has 2 aromatic rings. The monoisotopic (exact) mass is 465 g/mol. The zero-order valence-corrected chi connectivity index (χ0v) is 22.2. The van der Waals surface area contributed by atoms with Gasteiger partial charge in [0.25, 0.3) is 0 Å². The quantitative estimate of drug-likeness (QED) is 0.257. The summed E-state index contributed by atoms with van der Waals surface area (Å²) in [6, 6.07) is 15.9. The standard InChI is InChI=1S/C9H7.C6H16OSi2.C4H10N.2ClH.Ti/c1-2-5-9-7-3-6-8(9)4-1;1-8-6-5-7-9(2,3)4;1-4(2,3)5;;;/h1-7H;5-6H2,1-4H3;5H,1-3H3;2*1H;/q-1;;-1;;;+2/p-2. The number of rotatable bonds is 4. The summed E-state index contributed by atoms with van der Waals surface area (Å²) in [5.74, 6) is 0. The molecule has 2 nitrogen and oxygen atoms in total. The van der Waals surface area contributed by atoms with Crippen molar-refractivity contribution in [1.82, 2.24) is 0 Å². The molecular formula is C19H33Cl2NOSi2Ti-2. The fourth-order valence-corrected chi connectivity index (χ4v) is 2.75. The fourth-order valence-electron chi connectivity index (χ4n) is 1.53. The summed E-state index contributed by atoms with van der Waals surface area (Å²) in [4.78, 5) is 0. The Labute approximate surface area is 181 Å². The number of nitrogens with one attached hydrogen (secondary N) is 1. The zero-order chi connectivity index (χ0) is 20.6. The second-order valence-electron chi connectivity index (χ2n) is 7.54. The number of hydrogen-bond donors (Lipinski definition) is 0. The maximum absolute atomic E-state index is 6.94. The van der Waals surface area contributed by atoms with Crippen LogP contribution in [0.1, 0.15) is 20.8 Å². The maximum Gasteiger partial charge on any atom is -0.0809 e. The minimum atomic E-state index is -1.19. The van der Waals surface area contributed by atoms with Gasteiger partial charge in [0.15, 0.2) is 8.32 Å². The molecule has 26 heavy (non-hydrogen) atoms. The average molecular weight is 466 g/mol. The average Bonchev–Trinajstić information content (AvgIpc) is 2.94. The van der Waals surface area contributed by atoms with Crippen molar-refractivity contribution in [1.29, 1.82) is 0 Å². The van der Waals surface area contributed by atoms with Crippen LogP contribution in [0.15, 0.2) is 42.5 Å². The Kier molecular flexibility index (Phi) is 18.1. The van der Waals surface area contributed by atoms with Gasteiger partial charge < -0.3 is 10.2 Å². The SMILES string of the molecule is CC(C)(C)[NH-].C[Si]CCO[Si](C)(C)C.[Cl][Ti][Cl].c1ccc2[cH-]ccc2c1. The van der Waals surface area contributed by atoms with Crippen LogP contribution in [0.2, 0.25) is 32.2 Å². The normalized spacial score (nSPS) is 10.5. The van der Waals surface area contributed by atoms with E-state index in [1.54, 1.807) is 0 Å². The van der Waals surface area contributed by atoms with Crippen molar-refractivity contribution in [3.63, 3.8) is 0 Å². The molecule has 0 saturated carbocycles. The summed E-state index contributed by atoms with van der Waals surface area (Å²) in [6.07, 6.45) is 0. The van der Waals surface area contributed by atoms with E-state index in [0.717, 1.165) is 16.1 Å². The van der Waals surface area contributed by atoms with Crippen molar-refractivity contribution < 1.29 is 21.5 Å². The third-order valence-corrected chi connectivity index (χ3v) is 4.21. The molecule has 1 N–H and O–H groups in total. The molecule has 0 heterocycles. The fraction of sp³-hybridized carbons (Fsp3) is 0.526. The number of halogens is 2. The molecule has 0 unspecified atom stereocenters. The van der Waals surface area contributed by atoms with Crippen molar-refractivity contribution in [2.24, 2.45) is 0 Å². The van der Waals surface area contributed by atoms with Gasteiger partial charge in [-0.1, -0.05) is 33.4 Å². The molecule has 0 bridgehead atoms. The molecule has 0 spiro atoms. The predicted octanol–water partition coefficient (Wildman–Crippen LogP) is 7.78. The Bertz CT molecular complexity index is 518. The smallest absolute Gasteiger partial charge is 0.0809 e. The van der Waals surface area contributed by atoms with E-state index in [0.29, 0.717) is 0 Å². The third-order valence-electron chi connectivity index (χ3n) is 2.43. The van der Waals surface area contributed by atoms with Crippen molar-refractivity contribution >= 4 is 47.2 Å². The van der Waals surface area contributed by atoms with Crippen molar-refractivity contribution in [2.75, 3.05) is 6.61 Å². The van der Waals surface area contributed by atoms with Gasteiger partial charge in [-0.05, 0) is 25.7 Å². The first-order chi connectivity index (χ1) is 11.9. The van der Waals surface area contributed by atoms with E-state index in [9.17, 15) is 0 Å². The maximum atomic E-state index is 6.94. The zero-order valence-electron chi connectivity index (χ0n) is 17.1. The first-order valence-electron chi connectivity index (χ1n) is 8.55. The van der Waals surface area contributed by atoms with Gasteiger partial charge in [0.2, 0.25) is 0 Å². The van der Waals surface area contributed by atoms with E-state index in [-0.39, 0.29) is 5.54 Å². The summed E-state index contributed by atoms with van der Waals surface area (Å²) in [7, 11) is 9.63. The van der Waals surface area contributed by atoms with Gasteiger partial charge >= 0.3 is 35.6 Å². The molecule has 0 atom stereocenters. The molecule has 148 valence electrons. The number of hydrogen-bond acceptors (Lipinski definition) is 1. The van der Waals surface area contributed by atoms with Gasteiger partial charge in [0.05, 0.1) is 0 Å². The van der Waals surface area contributed by atoms with Crippen LogP contribution in [0.5, 0.6) is 0 Å². The van der Waals surface area contributed by atoms with Gasteiger partial charge in [-0.25, -0.2) is 0 Å². The van der Waals surface area contributed by atoms with E-state index < -0.39 is 25.3 Å². The van der Waals surface area contributed by atoms with E-state index in [1.807, 2.05) is 20.8 Å². The molecule has 0 aliphatic carbocycles. The van der Waals surface area contributed by atoms with E-state index in [4.69, 9.17) is 28.8 Å². The van der Waals surface area contributed by atoms with Gasteiger partial charge in [-0.2, -0.15) is 17.5 Å². The Morgan fingerprint density at radius 2 is 1.65 bits per heavy atom. The largest absolute Gasteiger partial charge is 0.168 e. The molecule has 0 aliphatic rings. The Morgan fingerprint density at radius 1 is 1.15 bits per heavy atom. The molecule has 0 aromatic heterocycles. The van der Waals surface area contributed by atoms with Crippen LogP contribution in [0.4, 0.5) is 0 Å². The predicted molar refractivity (Wildman–Crippen MR) is 121 cm³/mol. The minimum absolute atomic E-state index is 0.250. The molecule has 2 radical (unpaired) electrons. The van der Waals surface area contributed by atoms with Crippen LogP contribution < -0.4 is 0 Å². The Hall–Kier alpha value is 0.478. The second-order valence-corrected chi connectivity index (χ2v) is 15.8. The van der Waals surface area contributed by atoms with Crippen molar-refractivity contribution in [3.8, 4) is 0 Å². The van der Waals surface area contributed by atoms with Gasteiger partial charge in [-0.15, -0.1) is 35.2 Å². The van der Waals surface area contributed by atoms with Crippen LogP contribution in [0.25, 0.3) is 16.5 Å². The van der Waals surface area contributed by atoms with Crippen LogP contribution in [0, 0.1) is 0 Å². The first kappa shape index (κ1) is 28.7. The summed E-state index contributed by atoms with van der Waals surface area (Å²) in [5, 5.41) is 2.66. The summed E-state index contributed by atoms with van der Waals surface area (Å²) in [6.45, 7) is 15.4. The van der Waals surface area contributed by atoms with E-state index >= 15 is 0 Å². The van der Waals surface area contributed by atoms with Crippen LogP contribution in [-0.2, 0) is 21.5 Å². The van der Waals surface area contributed by atoms with Crippen molar-refractivity contribution in [3.05, 3.63) is 48.2 Å². The van der Waals surface area contributed by atoms with Gasteiger partial charge in [0.1, 0.15) is 0 Å². The molecule has 7 heteroatoms. The second kappa shape index (κ2) is 16.4. The van der Waals surface area contributed by atoms with Crippen molar-refractivity contribution in [2.45, 2.75) is 58.5 Å². The molecular weight excluding hydrogens is 433 g/mol. The van der Waals surface area contributed by atoms with E-state index in [1.165, 1.54) is 16.8 Å². The van der Waals surface area contributed by atoms with Crippen LogP contribution >= 0.6 is 18.6 Å². The summed E-state index contributed by atoms with van der Waals surface area (Å²) in [5.41, 5.74) is 6.69. The Balaban J connectivity index is 0. The van der Waals surface area contributed by atoms with Crippen LogP contribution in [0.3, 0.4) is 0 Å². The first-order valence-corrected chi connectivity index (χ1v) is 18.0. The Morgan fingerprint density at radius 3 is 2.08 bits per heavy atom. The molecule has 0 fully saturated rings. The molecule has 0 amide bonds. The van der Waals surface area contributed by atoms with Crippen LogP contribution in [-0.4, -0.2) is 30.0 Å². The molecule has 0 saturated heterocycles. The molecule has 0 aliphatic heterocycles. The van der Waals surface area contributed by atoms with Gasteiger partial charge in [-0.3, -0.25) is 0 Å². The number of benzene rings is 1. The van der Waals surface area contributed by atoms with E-state index in [2.05, 4.69) is 68.7 Å². The molecule has 2 rings (SSSR count). The molecule has 2 aromatic carbocycles. The number of fused-ring (bicyclic) bond motifs is 1.